The van der Waals surface area contributed by atoms with Gasteiger partial charge in [-0.15, -0.1) is 0 Å². The van der Waals surface area contributed by atoms with E-state index in [1.165, 1.54) is 11.1 Å². The van der Waals surface area contributed by atoms with Gasteiger partial charge >= 0.3 is 0 Å². The molecule has 6 nitrogen and oxygen atoms in total. The van der Waals surface area contributed by atoms with E-state index in [0.29, 0.717) is 18.1 Å². The first-order valence-electron chi connectivity index (χ1n) is 12.9. The maximum Gasteiger partial charge on any atom is 0.226 e. The number of rotatable bonds is 7. The van der Waals surface area contributed by atoms with Gasteiger partial charge < -0.3 is 20.1 Å². The van der Waals surface area contributed by atoms with Crippen LogP contribution in [0.5, 0.6) is 0 Å². The van der Waals surface area contributed by atoms with Crippen LogP contribution in [-0.2, 0) is 4.79 Å². The Morgan fingerprint density at radius 3 is 2.47 bits per heavy atom. The second kappa shape index (κ2) is 10.8. The zero-order valence-electron chi connectivity index (χ0n) is 22.2. The average Bonchev–Trinajstić information content (AvgIpc) is 3.38. The van der Waals surface area contributed by atoms with E-state index in [9.17, 15) is 4.79 Å². The van der Waals surface area contributed by atoms with Crippen molar-refractivity contribution in [3.63, 3.8) is 0 Å². The predicted octanol–water partition coefficient (Wildman–Crippen LogP) is 6.11. The molecule has 1 saturated heterocycles. The van der Waals surface area contributed by atoms with E-state index in [1.807, 2.05) is 55.6 Å². The summed E-state index contributed by atoms with van der Waals surface area (Å²) < 4.78 is 2.29. The quantitative estimate of drug-likeness (QED) is 0.286. The van der Waals surface area contributed by atoms with Crippen molar-refractivity contribution in [2.24, 2.45) is 0 Å². The van der Waals surface area contributed by atoms with Gasteiger partial charge in [0.2, 0.25) is 5.91 Å². The number of anilines is 1. The normalized spacial score (nSPS) is 16.9. The van der Waals surface area contributed by atoms with Crippen LogP contribution in [0.15, 0.2) is 79.0 Å². The molecule has 0 spiro atoms. The van der Waals surface area contributed by atoms with Crippen LogP contribution in [-0.4, -0.2) is 32.0 Å². The van der Waals surface area contributed by atoms with Crippen molar-refractivity contribution in [1.29, 1.82) is 0 Å². The topological polar surface area (TPSA) is 62.2 Å². The summed E-state index contributed by atoms with van der Waals surface area (Å²) in [6.45, 7) is 8.89. The number of nitrogens with zero attached hydrogens (tertiary/aromatic N) is 3. The van der Waals surface area contributed by atoms with Crippen LogP contribution in [0.2, 0.25) is 0 Å². The van der Waals surface area contributed by atoms with Crippen molar-refractivity contribution < 1.29 is 4.79 Å². The lowest BCUT2D eigenvalue weighted by atomic mass is 9.96. The molecule has 0 aliphatic carbocycles. The summed E-state index contributed by atoms with van der Waals surface area (Å²) in [5.41, 5.74) is 8.67. The number of aryl methyl sites for hydroxylation is 3. The van der Waals surface area contributed by atoms with Crippen molar-refractivity contribution in [2.75, 3.05) is 11.9 Å². The van der Waals surface area contributed by atoms with Crippen LogP contribution in [0, 0.1) is 27.7 Å². The minimum Gasteiger partial charge on any atom is -0.352 e. The van der Waals surface area contributed by atoms with Crippen molar-refractivity contribution in [1.82, 2.24) is 19.8 Å². The molecule has 2 atom stereocenters. The molecule has 0 unspecified atom stereocenters. The number of aromatic nitrogens is 2. The van der Waals surface area contributed by atoms with Gasteiger partial charge in [0.1, 0.15) is 0 Å². The van der Waals surface area contributed by atoms with E-state index in [1.54, 1.807) is 0 Å². The summed E-state index contributed by atoms with van der Waals surface area (Å²) in [7, 11) is 0. The molecule has 0 radical (unpaired) electrons. The third-order valence-corrected chi connectivity index (χ3v) is 7.51. The highest BCUT2D eigenvalue weighted by molar-refractivity contribution is 7.80. The Morgan fingerprint density at radius 2 is 1.76 bits per heavy atom. The first kappa shape index (κ1) is 25.7. The highest BCUT2D eigenvalue weighted by Crippen LogP contribution is 2.41. The second-order valence-electron chi connectivity index (χ2n) is 9.99. The standard InChI is InChI=1S/C31H33N5OS/c1-20-11-13-25(14-12-20)36-22(3)19-26(23(36)4)30-29(27-10-5-6-16-32-27)34-31(38)35(30)17-15-28(37)33-24-9-7-8-21(2)18-24/h5-14,16,18-19,29-30H,15,17H2,1-4H3,(H,33,37)(H,34,38)/t29-,30+/m1/s1. The molecule has 0 bridgehead atoms. The molecule has 1 aliphatic heterocycles. The third kappa shape index (κ3) is 5.20. The molecule has 2 aromatic heterocycles. The van der Waals surface area contributed by atoms with Crippen LogP contribution in [0.25, 0.3) is 5.69 Å². The molecule has 0 saturated carbocycles. The van der Waals surface area contributed by atoms with E-state index in [2.05, 4.69) is 76.2 Å². The number of carbonyl (C=O) groups excluding carboxylic acids is 1. The van der Waals surface area contributed by atoms with Crippen LogP contribution >= 0.6 is 12.2 Å². The highest BCUT2D eigenvalue weighted by Gasteiger charge is 2.41. The summed E-state index contributed by atoms with van der Waals surface area (Å²) in [6.07, 6.45) is 2.13. The Kier molecular flexibility index (Phi) is 7.29. The zero-order chi connectivity index (χ0) is 26.8. The van der Waals surface area contributed by atoms with Crippen LogP contribution in [0.3, 0.4) is 0 Å². The number of amides is 1. The number of carbonyl (C=O) groups is 1. The third-order valence-electron chi connectivity index (χ3n) is 7.16. The number of nitrogens with one attached hydrogen (secondary N) is 2. The number of hydrogen-bond donors (Lipinski definition) is 2. The molecule has 38 heavy (non-hydrogen) atoms. The molecule has 1 aliphatic rings. The van der Waals surface area contributed by atoms with Gasteiger partial charge in [0.25, 0.3) is 0 Å². The van der Waals surface area contributed by atoms with Crippen molar-refractivity contribution in [2.45, 2.75) is 46.2 Å². The van der Waals surface area contributed by atoms with Gasteiger partial charge in [-0.2, -0.15) is 0 Å². The van der Waals surface area contributed by atoms with Crippen molar-refractivity contribution in [3.8, 4) is 5.69 Å². The highest BCUT2D eigenvalue weighted by atomic mass is 32.1. The Hall–Kier alpha value is -3.97. The Bertz CT molecular complexity index is 1460. The fraction of sp³-hybridized carbons (Fsp3) is 0.258. The molecule has 4 aromatic rings. The predicted molar refractivity (Wildman–Crippen MR) is 157 cm³/mol. The van der Waals surface area contributed by atoms with Crippen LogP contribution < -0.4 is 10.6 Å². The first-order chi connectivity index (χ1) is 18.3. The molecular formula is C31H33N5OS. The number of benzene rings is 2. The minimum atomic E-state index is -0.129. The van der Waals surface area contributed by atoms with E-state index in [0.717, 1.165) is 34.0 Å². The molecule has 2 aromatic carbocycles. The van der Waals surface area contributed by atoms with E-state index >= 15 is 0 Å². The monoisotopic (exact) mass is 523 g/mol. The van der Waals surface area contributed by atoms with Crippen LogP contribution in [0.4, 0.5) is 5.69 Å². The van der Waals surface area contributed by atoms with Gasteiger partial charge in [0, 0.05) is 41.9 Å². The zero-order valence-corrected chi connectivity index (χ0v) is 23.0. The maximum atomic E-state index is 12.9. The molecule has 5 rings (SSSR count). The molecule has 7 heteroatoms. The first-order valence-corrected chi connectivity index (χ1v) is 13.3. The average molecular weight is 524 g/mol. The van der Waals surface area contributed by atoms with E-state index < -0.39 is 0 Å². The Labute approximate surface area is 229 Å². The molecule has 3 heterocycles. The van der Waals surface area contributed by atoms with Gasteiger partial charge in [-0.05, 0) is 93.5 Å². The summed E-state index contributed by atoms with van der Waals surface area (Å²) in [5.74, 6) is -0.0384. The molecule has 194 valence electrons. The molecular weight excluding hydrogens is 490 g/mol. The minimum absolute atomic E-state index is 0.0384. The van der Waals surface area contributed by atoms with Crippen molar-refractivity contribution in [3.05, 3.63) is 113 Å². The maximum absolute atomic E-state index is 12.9. The lowest BCUT2D eigenvalue weighted by Crippen LogP contribution is -2.32. The number of pyridine rings is 1. The van der Waals surface area contributed by atoms with Crippen molar-refractivity contribution >= 4 is 28.9 Å². The van der Waals surface area contributed by atoms with Gasteiger partial charge in [-0.25, -0.2) is 0 Å². The summed E-state index contributed by atoms with van der Waals surface area (Å²) >= 11 is 5.83. The summed E-state index contributed by atoms with van der Waals surface area (Å²) in [6, 6.07) is 24.4. The largest absolute Gasteiger partial charge is 0.352 e. The fourth-order valence-electron chi connectivity index (χ4n) is 5.33. The lowest BCUT2D eigenvalue weighted by Gasteiger charge is -2.28. The molecule has 1 fully saturated rings. The SMILES string of the molecule is Cc1ccc(-n2c(C)cc([C@H]3[C@@H](c4ccccn4)NC(=S)N3CCC(=O)Nc3cccc(C)c3)c2C)cc1. The van der Waals surface area contributed by atoms with Gasteiger partial charge in [-0.1, -0.05) is 35.9 Å². The Morgan fingerprint density at radius 1 is 0.974 bits per heavy atom. The van der Waals surface area contributed by atoms with E-state index in [-0.39, 0.29) is 18.0 Å². The molecule has 1 amide bonds. The van der Waals surface area contributed by atoms with Gasteiger partial charge in [0.15, 0.2) is 5.11 Å². The van der Waals surface area contributed by atoms with Gasteiger partial charge in [0.05, 0.1) is 17.8 Å². The molecule has 2 N–H and O–H groups in total. The summed E-state index contributed by atoms with van der Waals surface area (Å²) in [5, 5.41) is 7.16. The van der Waals surface area contributed by atoms with Gasteiger partial charge in [-0.3, -0.25) is 9.78 Å². The lowest BCUT2D eigenvalue weighted by molar-refractivity contribution is -0.116. The fourth-order valence-corrected chi connectivity index (χ4v) is 5.66. The van der Waals surface area contributed by atoms with Crippen LogP contribution in [0.1, 0.15) is 52.3 Å². The number of hydrogen-bond acceptors (Lipinski definition) is 3. The Balaban J connectivity index is 1.46. The number of thiocarbonyl (C=S) groups is 1. The smallest absolute Gasteiger partial charge is 0.226 e. The second-order valence-corrected chi connectivity index (χ2v) is 10.4. The summed E-state index contributed by atoms with van der Waals surface area (Å²) in [4.78, 5) is 19.7. The van der Waals surface area contributed by atoms with E-state index in [4.69, 9.17) is 12.2 Å².